The fourth-order valence-electron chi connectivity index (χ4n) is 4.75. The molecule has 2 aliphatic heterocycles. The van der Waals surface area contributed by atoms with Gasteiger partial charge in [0.15, 0.2) is 0 Å². The molecule has 2 aliphatic rings. The first-order valence-corrected chi connectivity index (χ1v) is 11.4. The predicted octanol–water partition coefficient (Wildman–Crippen LogP) is 3.50. The summed E-state index contributed by atoms with van der Waals surface area (Å²) in [6.07, 6.45) is 2.55. The van der Waals surface area contributed by atoms with Crippen LogP contribution in [0.1, 0.15) is 31.7 Å². The minimum atomic E-state index is 0.221. The third-order valence-corrected chi connectivity index (χ3v) is 6.37. The van der Waals surface area contributed by atoms with E-state index in [-0.39, 0.29) is 11.9 Å². The van der Waals surface area contributed by atoms with Crippen LogP contribution in [-0.2, 0) is 11.3 Å². The van der Waals surface area contributed by atoms with Crippen LogP contribution in [-0.4, -0.2) is 56.1 Å². The zero-order chi connectivity index (χ0) is 20.8. The van der Waals surface area contributed by atoms with Crippen molar-refractivity contribution in [3.05, 3.63) is 60.2 Å². The number of carbonyl (C=O) groups excluding carboxylic acids is 1. The second-order valence-corrected chi connectivity index (χ2v) is 8.33. The molecule has 0 aliphatic carbocycles. The number of piperazine rings is 1. The Bertz CT molecular complexity index is 811. The highest BCUT2D eigenvalue weighted by atomic mass is 16.2. The van der Waals surface area contributed by atoms with E-state index in [9.17, 15) is 4.79 Å². The Kier molecular flexibility index (Phi) is 7.03. The van der Waals surface area contributed by atoms with Crippen molar-refractivity contribution in [2.24, 2.45) is 0 Å². The Morgan fingerprint density at radius 1 is 0.967 bits per heavy atom. The van der Waals surface area contributed by atoms with Crippen molar-refractivity contribution in [3.63, 3.8) is 0 Å². The molecular formula is C25H34N4O. The topological polar surface area (TPSA) is 38.8 Å². The maximum atomic E-state index is 12.7. The van der Waals surface area contributed by atoms with Gasteiger partial charge in [0.05, 0.1) is 0 Å². The van der Waals surface area contributed by atoms with Crippen LogP contribution < -0.4 is 15.1 Å². The second-order valence-electron chi connectivity index (χ2n) is 8.33. The van der Waals surface area contributed by atoms with Crippen molar-refractivity contribution in [1.29, 1.82) is 0 Å². The SMILES string of the molecule is CCC(=O)N(c1ccccc1)C1CCN(c2ccccc2CN2CCNCC2)CC1. The Morgan fingerprint density at radius 2 is 1.63 bits per heavy atom. The van der Waals surface area contributed by atoms with Gasteiger partial charge in [0, 0.05) is 69.7 Å². The first-order chi connectivity index (χ1) is 14.8. The van der Waals surface area contributed by atoms with Crippen molar-refractivity contribution in [1.82, 2.24) is 10.2 Å². The van der Waals surface area contributed by atoms with Crippen LogP contribution >= 0.6 is 0 Å². The smallest absolute Gasteiger partial charge is 0.226 e. The fraction of sp³-hybridized carbons (Fsp3) is 0.480. The highest BCUT2D eigenvalue weighted by molar-refractivity contribution is 5.93. The Morgan fingerprint density at radius 3 is 2.33 bits per heavy atom. The van der Waals surface area contributed by atoms with Crippen molar-refractivity contribution >= 4 is 17.3 Å². The molecule has 4 rings (SSSR count). The number of hydrogen-bond acceptors (Lipinski definition) is 4. The van der Waals surface area contributed by atoms with Gasteiger partial charge >= 0.3 is 0 Å². The summed E-state index contributed by atoms with van der Waals surface area (Å²) in [5.74, 6) is 0.221. The molecule has 5 nitrogen and oxygen atoms in total. The van der Waals surface area contributed by atoms with Crippen molar-refractivity contribution in [2.75, 3.05) is 49.1 Å². The summed E-state index contributed by atoms with van der Waals surface area (Å²) >= 11 is 0. The molecule has 0 atom stereocenters. The van der Waals surface area contributed by atoms with E-state index in [1.165, 1.54) is 11.3 Å². The maximum Gasteiger partial charge on any atom is 0.226 e. The molecule has 160 valence electrons. The van der Waals surface area contributed by atoms with Crippen LogP contribution in [0, 0.1) is 0 Å². The number of benzene rings is 2. The zero-order valence-corrected chi connectivity index (χ0v) is 18.1. The molecule has 1 amide bonds. The lowest BCUT2D eigenvalue weighted by atomic mass is 10.00. The summed E-state index contributed by atoms with van der Waals surface area (Å²) in [6.45, 7) is 9.33. The summed E-state index contributed by atoms with van der Waals surface area (Å²) in [6, 6.07) is 19.3. The average molecular weight is 407 g/mol. The minimum Gasteiger partial charge on any atom is -0.371 e. The number of carbonyl (C=O) groups is 1. The van der Waals surface area contributed by atoms with E-state index in [4.69, 9.17) is 0 Å². The van der Waals surface area contributed by atoms with Gasteiger partial charge in [0.25, 0.3) is 0 Å². The lowest BCUT2D eigenvalue weighted by Gasteiger charge is -2.40. The monoisotopic (exact) mass is 406 g/mol. The summed E-state index contributed by atoms with van der Waals surface area (Å²) in [4.78, 5) is 19.8. The minimum absolute atomic E-state index is 0.221. The summed E-state index contributed by atoms with van der Waals surface area (Å²) in [5, 5.41) is 3.44. The van der Waals surface area contributed by atoms with Crippen molar-refractivity contribution in [2.45, 2.75) is 38.8 Å². The molecule has 0 spiro atoms. The molecule has 5 heteroatoms. The molecule has 0 aromatic heterocycles. The normalized spacial score (nSPS) is 18.4. The van der Waals surface area contributed by atoms with E-state index >= 15 is 0 Å². The molecule has 2 aromatic rings. The first kappa shape index (κ1) is 20.9. The van der Waals surface area contributed by atoms with E-state index in [0.29, 0.717) is 6.42 Å². The van der Waals surface area contributed by atoms with Gasteiger partial charge in [-0.2, -0.15) is 0 Å². The van der Waals surface area contributed by atoms with Crippen LogP contribution in [0.5, 0.6) is 0 Å². The third kappa shape index (κ3) is 4.85. The summed E-state index contributed by atoms with van der Waals surface area (Å²) in [5.41, 5.74) is 3.81. The van der Waals surface area contributed by atoms with E-state index in [0.717, 1.165) is 64.3 Å². The van der Waals surface area contributed by atoms with Crippen LogP contribution in [0.3, 0.4) is 0 Å². The maximum absolute atomic E-state index is 12.7. The Labute approximate surface area is 180 Å². The van der Waals surface area contributed by atoms with Gasteiger partial charge < -0.3 is 15.1 Å². The molecule has 0 radical (unpaired) electrons. The van der Waals surface area contributed by atoms with Gasteiger partial charge in [-0.1, -0.05) is 43.3 Å². The van der Waals surface area contributed by atoms with Gasteiger partial charge in [-0.25, -0.2) is 0 Å². The number of nitrogens with zero attached hydrogens (tertiary/aromatic N) is 3. The molecule has 2 aromatic carbocycles. The largest absolute Gasteiger partial charge is 0.371 e. The van der Waals surface area contributed by atoms with Crippen molar-refractivity contribution < 1.29 is 4.79 Å². The highest BCUT2D eigenvalue weighted by Crippen LogP contribution is 2.29. The molecular weight excluding hydrogens is 372 g/mol. The van der Waals surface area contributed by atoms with Crippen LogP contribution in [0.25, 0.3) is 0 Å². The second kappa shape index (κ2) is 10.1. The Balaban J connectivity index is 1.44. The predicted molar refractivity (Wildman–Crippen MR) is 124 cm³/mol. The molecule has 30 heavy (non-hydrogen) atoms. The van der Waals surface area contributed by atoms with Gasteiger partial charge in [-0.15, -0.1) is 0 Å². The average Bonchev–Trinajstić information content (AvgIpc) is 2.81. The van der Waals surface area contributed by atoms with Crippen LogP contribution in [0.4, 0.5) is 11.4 Å². The van der Waals surface area contributed by atoms with E-state index in [1.54, 1.807) is 0 Å². The third-order valence-electron chi connectivity index (χ3n) is 6.37. The number of para-hydroxylation sites is 2. The highest BCUT2D eigenvalue weighted by Gasteiger charge is 2.29. The van der Waals surface area contributed by atoms with E-state index in [1.807, 2.05) is 30.0 Å². The number of amides is 1. The van der Waals surface area contributed by atoms with Crippen LogP contribution in [0.2, 0.25) is 0 Å². The number of nitrogens with one attached hydrogen (secondary N) is 1. The number of hydrogen-bond donors (Lipinski definition) is 1. The van der Waals surface area contributed by atoms with Crippen molar-refractivity contribution in [3.8, 4) is 0 Å². The summed E-state index contributed by atoms with van der Waals surface area (Å²) < 4.78 is 0. The number of piperidine rings is 1. The lowest BCUT2D eigenvalue weighted by molar-refractivity contribution is -0.118. The Hall–Kier alpha value is -2.37. The number of anilines is 2. The number of rotatable bonds is 6. The van der Waals surface area contributed by atoms with Crippen LogP contribution in [0.15, 0.2) is 54.6 Å². The lowest BCUT2D eigenvalue weighted by Crippen LogP contribution is -2.48. The first-order valence-electron chi connectivity index (χ1n) is 11.4. The molecule has 0 bridgehead atoms. The van der Waals surface area contributed by atoms with Gasteiger partial charge in [0.1, 0.15) is 0 Å². The molecule has 0 unspecified atom stereocenters. The zero-order valence-electron chi connectivity index (χ0n) is 18.1. The fourth-order valence-corrected chi connectivity index (χ4v) is 4.75. The van der Waals surface area contributed by atoms with Gasteiger partial charge in [0.2, 0.25) is 5.91 Å². The van der Waals surface area contributed by atoms with Gasteiger partial charge in [-0.3, -0.25) is 9.69 Å². The standard InChI is InChI=1S/C25H34N4O/c1-2-25(30)29(22-9-4-3-5-10-22)23-12-16-28(17-13-23)24-11-7-6-8-21(24)20-27-18-14-26-15-19-27/h3-11,23,26H,2,12-20H2,1H3. The molecule has 0 saturated carbocycles. The molecule has 1 N–H and O–H groups in total. The molecule has 2 fully saturated rings. The quantitative estimate of drug-likeness (QED) is 0.797. The van der Waals surface area contributed by atoms with E-state index in [2.05, 4.69) is 51.5 Å². The summed E-state index contributed by atoms with van der Waals surface area (Å²) in [7, 11) is 0. The molecule has 2 saturated heterocycles. The molecule has 2 heterocycles. The van der Waals surface area contributed by atoms with Gasteiger partial charge in [-0.05, 0) is 36.6 Å². The van der Waals surface area contributed by atoms with E-state index < -0.39 is 0 Å².